The summed E-state index contributed by atoms with van der Waals surface area (Å²) in [6.07, 6.45) is 7.11. The van der Waals surface area contributed by atoms with Gasteiger partial charge in [0.25, 0.3) is 0 Å². The van der Waals surface area contributed by atoms with Crippen LogP contribution in [-0.2, 0) is 14.4 Å². The van der Waals surface area contributed by atoms with Crippen LogP contribution in [0.25, 0.3) is 0 Å². The van der Waals surface area contributed by atoms with E-state index in [0.717, 1.165) is 19.3 Å². The number of carbonyl (C=O) groups is 3. The fourth-order valence-electron chi connectivity index (χ4n) is 6.46. The van der Waals surface area contributed by atoms with Gasteiger partial charge in [0.15, 0.2) is 5.78 Å². The lowest BCUT2D eigenvalue weighted by Crippen LogP contribution is -2.61. The summed E-state index contributed by atoms with van der Waals surface area (Å²) < 4.78 is 0. The molecule has 4 rings (SSSR count). The van der Waals surface area contributed by atoms with Gasteiger partial charge in [0.2, 0.25) is 0 Å². The van der Waals surface area contributed by atoms with Crippen molar-refractivity contribution in [3.05, 3.63) is 12.2 Å². The Balaban J connectivity index is 1.79. The van der Waals surface area contributed by atoms with Crippen molar-refractivity contribution in [1.29, 1.82) is 0 Å². The second-order valence-corrected chi connectivity index (χ2v) is 8.88. The Morgan fingerprint density at radius 3 is 2.62 bits per heavy atom. The van der Waals surface area contributed by atoms with Gasteiger partial charge in [-0.15, -0.1) is 0 Å². The fraction of sp³-hybridized carbons (Fsp3) is 0.750. The molecule has 0 amide bonds. The van der Waals surface area contributed by atoms with Gasteiger partial charge in [-0.25, -0.2) is 0 Å². The summed E-state index contributed by atoms with van der Waals surface area (Å²) in [6.45, 7) is 4.03. The van der Waals surface area contributed by atoms with Crippen LogP contribution >= 0.6 is 0 Å². The number of carbonyl (C=O) groups excluding carboxylic acids is 3. The molecule has 24 heavy (non-hydrogen) atoms. The molecule has 3 saturated carbocycles. The molecule has 4 aliphatic rings. The maximum atomic E-state index is 13.3. The Morgan fingerprint density at radius 1 is 1.17 bits per heavy atom. The van der Waals surface area contributed by atoms with E-state index in [1.54, 1.807) is 6.08 Å². The van der Waals surface area contributed by atoms with Gasteiger partial charge in [-0.2, -0.15) is 0 Å². The molecule has 0 aromatic carbocycles. The first-order valence-electron chi connectivity index (χ1n) is 9.22. The molecule has 130 valence electrons. The van der Waals surface area contributed by atoms with Gasteiger partial charge in [0.1, 0.15) is 11.6 Å². The van der Waals surface area contributed by atoms with Gasteiger partial charge in [-0.05, 0) is 48.5 Å². The molecule has 4 unspecified atom stereocenters. The third-order valence-electron chi connectivity index (χ3n) is 8.01. The maximum absolute atomic E-state index is 13.3. The molecule has 0 bridgehead atoms. The molecule has 0 saturated heterocycles. The molecule has 4 aliphatic carbocycles. The highest BCUT2D eigenvalue weighted by Gasteiger charge is 2.64. The third kappa shape index (κ3) is 1.86. The molecule has 7 atom stereocenters. The van der Waals surface area contributed by atoms with Crippen molar-refractivity contribution in [3.8, 4) is 0 Å². The first kappa shape index (κ1) is 16.2. The molecule has 0 spiro atoms. The predicted molar refractivity (Wildman–Crippen MR) is 88.0 cm³/mol. The number of hydrogen-bond acceptors (Lipinski definition) is 4. The zero-order valence-electron chi connectivity index (χ0n) is 14.5. The van der Waals surface area contributed by atoms with E-state index in [-0.39, 0.29) is 53.0 Å². The number of aliphatic hydroxyl groups excluding tert-OH is 1. The third-order valence-corrected chi connectivity index (χ3v) is 8.01. The van der Waals surface area contributed by atoms with Gasteiger partial charge < -0.3 is 5.11 Å². The standard InChI is InChI=1S/C20H26O4/c1-19-7-5-11(22)9-15(19)12(10-21)18(24)17-13-3-4-16(23)20(13,2)8-6-14(17)19/h3-4,12-15,17,21H,5-10H2,1-2H3/t12-,13?,14?,15?,17?,19-,20+/m1/s1. The molecule has 3 fully saturated rings. The lowest BCUT2D eigenvalue weighted by molar-refractivity contribution is -0.169. The van der Waals surface area contributed by atoms with Crippen LogP contribution in [-0.4, -0.2) is 29.1 Å². The van der Waals surface area contributed by atoms with E-state index in [4.69, 9.17) is 0 Å². The number of ketones is 3. The number of rotatable bonds is 1. The topological polar surface area (TPSA) is 71.4 Å². The Morgan fingerprint density at radius 2 is 1.92 bits per heavy atom. The summed E-state index contributed by atoms with van der Waals surface area (Å²) in [5.74, 6) is -0.0349. The van der Waals surface area contributed by atoms with E-state index in [9.17, 15) is 19.5 Å². The van der Waals surface area contributed by atoms with Crippen molar-refractivity contribution in [2.45, 2.75) is 46.0 Å². The summed E-state index contributed by atoms with van der Waals surface area (Å²) in [6, 6.07) is 0. The van der Waals surface area contributed by atoms with Crippen LogP contribution < -0.4 is 0 Å². The molecule has 0 radical (unpaired) electrons. The van der Waals surface area contributed by atoms with E-state index < -0.39 is 11.3 Å². The van der Waals surface area contributed by atoms with Crippen molar-refractivity contribution in [2.75, 3.05) is 6.61 Å². The van der Waals surface area contributed by atoms with Crippen LogP contribution in [0.3, 0.4) is 0 Å². The smallest absolute Gasteiger partial charge is 0.161 e. The van der Waals surface area contributed by atoms with Gasteiger partial charge in [0, 0.05) is 30.1 Å². The molecule has 0 aromatic rings. The van der Waals surface area contributed by atoms with E-state index in [2.05, 4.69) is 6.92 Å². The van der Waals surface area contributed by atoms with Gasteiger partial charge in [0.05, 0.1) is 6.61 Å². The monoisotopic (exact) mass is 330 g/mol. The Bertz CT molecular complexity index is 650. The van der Waals surface area contributed by atoms with Crippen LogP contribution in [0.5, 0.6) is 0 Å². The minimum Gasteiger partial charge on any atom is -0.396 e. The van der Waals surface area contributed by atoms with E-state index in [1.165, 1.54) is 0 Å². The van der Waals surface area contributed by atoms with E-state index >= 15 is 0 Å². The highest BCUT2D eigenvalue weighted by molar-refractivity contribution is 5.99. The quantitative estimate of drug-likeness (QED) is 0.801. The molecule has 0 aliphatic heterocycles. The normalized spacial score (nSPS) is 50.5. The molecular weight excluding hydrogens is 304 g/mol. The van der Waals surface area contributed by atoms with Crippen LogP contribution in [0.2, 0.25) is 0 Å². The molecule has 0 heterocycles. The van der Waals surface area contributed by atoms with Crippen molar-refractivity contribution >= 4 is 17.3 Å². The Labute approximate surface area is 142 Å². The highest BCUT2D eigenvalue weighted by atomic mass is 16.3. The second kappa shape index (κ2) is 5.10. The lowest BCUT2D eigenvalue weighted by atomic mass is 9.43. The largest absolute Gasteiger partial charge is 0.396 e. The van der Waals surface area contributed by atoms with Crippen molar-refractivity contribution in [2.24, 2.45) is 40.4 Å². The van der Waals surface area contributed by atoms with Gasteiger partial charge in [-0.1, -0.05) is 19.9 Å². The van der Waals surface area contributed by atoms with Crippen molar-refractivity contribution in [3.63, 3.8) is 0 Å². The minimum atomic E-state index is -0.454. The lowest BCUT2D eigenvalue weighted by Gasteiger charge is -2.60. The highest BCUT2D eigenvalue weighted by Crippen LogP contribution is 2.64. The van der Waals surface area contributed by atoms with Gasteiger partial charge in [-0.3, -0.25) is 14.4 Å². The summed E-state index contributed by atoms with van der Waals surface area (Å²) >= 11 is 0. The van der Waals surface area contributed by atoms with Gasteiger partial charge >= 0.3 is 0 Å². The summed E-state index contributed by atoms with van der Waals surface area (Å²) in [5.41, 5.74) is -0.537. The summed E-state index contributed by atoms with van der Waals surface area (Å²) in [5, 5.41) is 9.93. The average Bonchev–Trinajstić information content (AvgIpc) is 2.85. The molecule has 1 N–H and O–H groups in total. The SMILES string of the molecule is C[C@]12CCC(=O)CC1[C@@H](CO)C(=O)C1C2CC[C@]2(C)C(=O)C=CC12. The zero-order valence-corrected chi connectivity index (χ0v) is 14.5. The van der Waals surface area contributed by atoms with Crippen LogP contribution in [0.1, 0.15) is 46.0 Å². The van der Waals surface area contributed by atoms with Crippen molar-refractivity contribution < 1.29 is 19.5 Å². The number of aliphatic hydroxyl groups is 1. The average molecular weight is 330 g/mol. The van der Waals surface area contributed by atoms with Crippen molar-refractivity contribution in [1.82, 2.24) is 0 Å². The molecule has 4 heteroatoms. The van der Waals surface area contributed by atoms with Crippen LogP contribution in [0.4, 0.5) is 0 Å². The summed E-state index contributed by atoms with van der Waals surface area (Å²) in [7, 11) is 0. The number of hydrogen-bond donors (Lipinski definition) is 1. The number of Topliss-reactive ketones (excluding diaryl/α,β-unsaturated/α-hetero) is 2. The van der Waals surface area contributed by atoms with E-state index in [1.807, 2.05) is 13.0 Å². The predicted octanol–water partition coefficient (Wildman–Crippen LogP) is 2.34. The Hall–Kier alpha value is -1.29. The summed E-state index contributed by atoms with van der Waals surface area (Å²) in [4.78, 5) is 37.7. The second-order valence-electron chi connectivity index (χ2n) is 8.88. The molecular formula is C20H26O4. The van der Waals surface area contributed by atoms with E-state index in [0.29, 0.717) is 12.8 Å². The number of fused-ring (bicyclic) bond motifs is 5. The molecule has 4 nitrogen and oxygen atoms in total. The Kier molecular flexibility index (Phi) is 3.44. The first-order valence-corrected chi connectivity index (χ1v) is 9.22. The maximum Gasteiger partial charge on any atom is 0.161 e. The molecule has 0 aromatic heterocycles. The first-order chi connectivity index (χ1) is 11.3. The number of allylic oxidation sites excluding steroid dienone is 2. The minimum absolute atomic E-state index is 0.0389. The van der Waals surface area contributed by atoms with Crippen LogP contribution in [0.15, 0.2) is 12.2 Å². The zero-order chi connectivity index (χ0) is 17.3. The fourth-order valence-corrected chi connectivity index (χ4v) is 6.46. The van der Waals surface area contributed by atoms with Crippen LogP contribution in [0, 0.1) is 40.4 Å².